The number of aliphatic hydroxyl groups is 14. The van der Waals surface area contributed by atoms with Crippen molar-refractivity contribution in [2.75, 3.05) is 26.9 Å². The van der Waals surface area contributed by atoms with Crippen LogP contribution in [0.3, 0.4) is 0 Å². The third-order valence-electron chi connectivity index (χ3n) is 25.2. The summed E-state index contributed by atoms with van der Waals surface area (Å²) in [5.74, 6) is -4.28. The summed E-state index contributed by atoms with van der Waals surface area (Å²) in [6, 6.07) is 0. The summed E-state index contributed by atoms with van der Waals surface area (Å²) in [4.78, 5) is 54.1. The van der Waals surface area contributed by atoms with Crippen molar-refractivity contribution >= 4 is 23.9 Å². The number of carbonyl (C=O) groups is 4. The van der Waals surface area contributed by atoms with Gasteiger partial charge in [-0.1, -0.05) is 46.3 Å². The summed E-state index contributed by atoms with van der Waals surface area (Å²) in [7, 11) is 1.05. The quantitative estimate of drug-likeness (QED) is 0.0299. The maximum absolute atomic E-state index is 16.1. The van der Waals surface area contributed by atoms with Crippen molar-refractivity contribution in [3.8, 4) is 0 Å². The molecule has 0 spiro atoms. The second-order valence-corrected chi connectivity index (χ2v) is 31.7. The van der Waals surface area contributed by atoms with Gasteiger partial charge in [0, 0.05) is 13.8 Å². The number of fused-ring (bicyclic) bond motifs is 7. The molecule has 14 N–H and O–H groups in total. The van der Waals surface area contributed by atoms with Gasteiger partial charge in [0.15, 0.2) is 49.8 Å². The molecule has 33 nitrogen and oxygen atoms in total. The molecule has 576 valence electrons. The van der Waals surface area contributed by atoms with Gasteiger partial charge in [-0.2, -0.15) is 0 Å². The lowest BCUT2D eigenvalue weighted by Crippen LogP contribution is -2.69. The predicted octanol–water partition coefficient (Wildman–Crippen LogP) is -3.01. The first-order chi connectivity index (χ1) is 47.3. The van der Waals surface area contributed by atoms with Gasteiger partial charge in [0.2, 0.25) is 6.29 Å². The molecule has 0 bridgehead atoms. The Morgan fingerprint density at radius 3 is 1.77 bits per heavy atom. The molecule has 37 atom stereocenters. The molecule has 0 radical (unpaired) electrons. The fourth-order valence-corrected chi connectivity index (χ4v) is 19.1. The Kier molecular flexibility index (Phi) is 23.1. The van der Waals surface area contributed by atoms with Gasteiger partial charge in [-0.3, -0.25) is 14.4 Å². The lowest BCUT2D eigenvalue weighted by atomic mass is 9.34. The van der Waals surface area contributed by atoms with Crippen LogP contribution < -0.4 is 0 Å². The Morgan fingerprint density at radius 2 is 1.11 bits per heavy atom. The van der Waals surface area contributed by atoms with E-state index in [1.54, 1.807) is 6.92 Å². The number of methoxy groups -OCH3 is 1. The zero-order valence-electron chi connectivity index (χ0n) is 58.8. The molecule has 11 aliphatic rings. The highest BCUT2D eigenvalue weighted by Gasteiger charge is 2.71. The van der Waals surface area contributed by atoms with E-state index in [4.69, 9.17) is 71.1 Å². The zero-order chi connectivity index (χ0) is 73.9. The standard InChI is InChI=1S/C68H106O33/c1-26-49(96-56-45(80)38(73)32(72)24-89-56)44(79)48(83)57(90-26)100-54-53(99-58-46(81)40(75)34(94-58)25-88-28(3)70)50(92-29(4)71)27(2)91-61(54)101-62(85)68-20-18-63(5,6)22-31(68)30-12-13-35-64(7)16-15-37(67(10,86)36(64)14-17-66(35,9)65(30,8)19-21-68)95-60-52(43(78)42(77)51(97-60)55(84)87-11)98-59-47(82)41(76)39(74)33(23-69)93-59/h12,26-27,31-54,56-61,69,72-83,86H,13-25H2,1-11H3/t26-,27+,31-,32+,33+,34-,35+,36+,37-,38-,39-,40-,41-,42-,43-,44-,45+,46+,47+,48+,49-,50-,51-,52+,53-,54+,56-,57-,58-,59-,60+,61-,64+,65+,66+,67-,68-/m0/s1. The van der Waals surface area contributed by atoms with Gasteiger partial charge in [-0.15, -0.1) is 0 Å². The smallest absolute Gasteiger partial charge is 0.337 e. The molecule has 0 aromatic carbocycles. The molecule has 4 saturated carbocycles. The van der Waals surface area contributed by atoms with E-state index in [-0.39, 0.29) is 17.8 Å². The third kappa shape index (κ3) is 14.1. The Hall–Kier alpha value is -3.38. The van der Waals surface area contributed by atoms with Gasteiger partial charge in [0.1, 0.15) is 110 Å². The molecule has 101 heavy (non-hydrogen) atoms. The van der Waals surface area contributed by atoms with Gasteiger partial charge < -0.3 is 143 Å². The maximum atomic E-state index is 16.1. The normalized spacial score (nSPS) is 51.9. The Labute approximate surface area is 584 Å². The van der Waals surface area contributed by atoms with Crippen LogP contribution in [0.25, 0.3) is 0 Å². The molecule has 5 aliphatic carbocycles. The molecular formula is C68H106O33. The minimum Gasteiger partial charge on any atom is -0.467 e. The first-order valence-corrected chi connectivity index (χ1v) is 35.3. The summed E-state index contributed by atoms with van der Waals surface area (Å²) in [6.07, 6.45) is -42.1. The summed E-state index contributed by atoms with van der Waals surface area (Å²) < 4.78 is 89.8. The first-order valence-electron chi connectivity index (χ1n) is 35.3. The molecule has 6 saturated heterocycles. The second kappa shape index (κ2) is 29.6. The van der Waals surface area contributed by atoms with Crippen molar-refractivity contribution in [3.05, 3.63) is 11.6 Å². The highest BCUT2D eigenvalue weighted by molar-refractivity contribution is 5.79. The average Bonchev–Trinajstić information content (AvgIpc) is 0.912. The van der Waals surface area contributed by atoms with Crippen molar-refractivity contribution < 1.29 is 162 Å². The molecule has 33 heteroatoms. The van der Waals surface area contributed by atoms with E-state index in [0.29, 0.717) is 57.8 Å². The van der Waals surface area contributed by atoms with Crippen LogP contribution in [0.15, 0.2) is 11.6 Å². The molecule has 0 amide bonds. The van der Waals surface area contributed by atoms with E-state index in [1.165, 1.54) is 13.8 Å². The van der Waals surface area contributed by atoms with E-state index in [9.17, 15) is 85.9 Å². The minimum absolute atomic E-state index is 0.0769. The summed E-state index contributed by atoms with van der Waals surface area (Å²) in [5.41, 5.74) is -3.73. The molecule has 6 aliphatic heterocycles. The topological polar surface area (TPSA) is 490 Å². The minimum atomic E-state index is -2.04. The third-order valence-corrected chi connectivity index (χ3v) is 25.2. The van der Waals surface area contributed by atoms with E-state index < -0.39 is 261 Å². The monoisotopic (exact) mass is 1450 g/mol. The number of aliphatic hydroxyl groups excluding tert-OH is 13. The van der Waals surface area contributed by atoms with Crippen LogP contribution in [0.5, 0.6) is 0 Å². The van der Waals surface area contributed by atoms with Crippen LogP contribution in [0, 0.1) is 44.8 Å². The van der Waals surface area contributed by atoms with Gasteiger partial charge in [0.05, 0.1) is 49.7 Å². The van der Waals surface area contributed by atoms with Crippen molar-refractivity contribution in [2.24, 2.45) is 44.8 Å². The van der Waals surface area contributed by atoms with E-state index >= 15 is 4.79 Å². The highest BCUT2D eigenvalue weighted by Crippen LogP contribution is 2.75. The Bertz CT molecular complexity index is 2970. The van der Waals surface area contributed by atoms with Gasteiger partial charge in [0.25, 0.3) is 0 Å². The predicted molar refractivity (Wildman–Crippen MR) is 334 cm³/mol. The van der Waals surface area contributed by atoms with Crippen LogP contribution in [0.4, 0.5) is 0 Å². The number of hydrogen-bond acceptors (Lipinski definition) is 33. The Balaban J connectivity index is 0.876. The molecule has 10 fully saturated rings. The number of rotatable bonds is 17. The van der Waals surface area contributed by atoms with Gasteiger partial charge in [-0.25, -0.2) is 4.79 Å². The number of carbonyl (C=O) groups excluding carboxylic acids is 4. The van der Waals surface area contributed by atoms with Crippen LogP contribution >= 0.6 is 0 Å². The molecule has 0 aromatic heterocycles. The van der Waals surface area contributed by atoms with Crippen LogP contribution in [0.1, 0.15) is 133 Å². The van der Waals surface area contributed by atoms with Crippen LogP contribution in [-0.4, -0.2) is 306 Å². The number of allylic oxidation sites excluding steroid dienone is 2. The summed E-state index contributed by atoms with van der Waals surface area (Å²) in [6.45, 7) is 16.1. The molecule has 11 rings (SSSR count). The van der Waals surface area contributed by atoms with Crippen LogP contribution in [0.2, 0.25) is 0 Å². The van der Waals surface area contributed by atoms with Crippen molar-refractivity contribution in [1.29, 1.82) is 0 Å². The SMILES string of the molecule is COC(=O)[C@H]1O[C@@H](O[C@H]2CC[C@]3(C)[C@H]4CC=C5[C@@H]6CC(C)(C)CC[C@]6(C(=O)O[C@@H]6O[C@H](C)[C@H](OC(C)=O)[C@H](O[C@@H]7O[C@@H](COC(C)=O)[C@H](O)[C@H]7O)[C@H]6O[C@@H]6O[C@@H](C)[C@H](O[C@@H]7OC[C@@H](O)[C@H](O)[C@H]7O)[C@@H](O)[C@H]6O)CC[C@@]5(C)[C@]4(C)CC[C@H]3[C@]2(C)O)[C@H](O[C@@H]2O[C@H](CO)[C@H](O)[C@H](O)[C@H]2O)[C@@H](O)[C@@H]1O. The maximum Gasteiger partial charge on any atom is 0.337 e. The molecular weight excluding hydrogens is 1340 g/mol. The van der Waals surface area contributed by atoms with Crippen LogP contribution in [-0.2, 0) is 90.2 Å². The summed E-state index contributed by atoms with van der Waals surface area (Å²) >= 11 is 0. The fourth-order valence-electron chi connectivity index (χ4n) is 19.1. The van der Waals surface area contributed by atoms with Crippen molar-refractivity contribution in [2.45, 2.75) is 317 Å². The lowest BCUT2D eigenvalue weighted by molar-refractivity contribution is -0.382. The zero-order valence-corrected chi connectivity index (χ0v) is 58.8. The highest BCUT2D eigenvalue weighted by atomic mass is 16.8. The number of hydrogen-bond donors (Lipinski definition) is 14. The average molecular weight is 1450 g/mol. The van der Waals surface area contributed by atoms with Gasteiger partial charge >= 0.3 is 23.9 Å². The van der Waals surface area contributed by atoms with E-state index in [0.717, 1.165) is 26.5 Å². The van der Waals surface area contributed by atoms with E-state index in [1.807, 2.05) is 0 Å². The molecule has 0 unspecified atom stereocenters. The largest absolute Gasteiger partial charge is 0.467 e. The second-order valence-electron chi connectivity index (χ2n) is 31.7. The van der Waals surface area contributed by atoms with E-state index in [2.05, 4.69) is 40.7 Å². The van der Waals surface area contributed by atoms with Gasteiger partial charge in [-0.05, 0) is 124 Å². The first kappa shape index (κ1) is 78.7. The lowest BCUT2D eigenvalue weighted by Gasteiger charge is -2.71. The number of esters is 4. The molecule has 6 heterocycles. The number of ether oxygens (including phenoxy) is 15. The molecule has 0 aromatic rings. The summed E-state index contributed by atoms with van der Waals surface area (Å²) in [5, 5.41) is 156. The van der Waals surface area contributed by atoms with Crippen molar-refractivity contribution in [1.82, 2.24) is 0 Å². The Morgan fingerprint density at radius 1 is 0.535 bits per heavy atom. The fraction of sp³-hybridized carbons (Fsp3) is 0.912. The van der Waals surface area contributed by atoms with Crippen molar-refractivity contribution in [3.63, 3.8) is 0 Å².